The molecule has 1 aliphatic rings. The molecule has 1 saturated heterocycles. The van der Waals surface area contributed by atoms with Crippen molar-refractivity contribution >= 4 is 16.8 Å². The highest BCUT2D eigenvalue weighted by Gasteiger charge is 2.29. The largest absolute Gasteiger partial charge is 0.465 e. The van der Waals surface area contributed by atoms with Crippen molar-refractivity contribution in [2.45, 2.75) is 39.0 Å². The Hall–Kier alpha value is -0.640. The molecule has 0 bridgehead atoms. The highest BCUT2D eigenvalue weighted by atomic mass is 32.2. The summed E-state index contributed by atoms with van der Waals surface area (Å²) in [6, 6.07) is 0. The van der Waals surface area contributed by atoms with Crippen LogP contribution in [0.25, 0.3) is 0 Å². The first-order chi connectivity index (χ1) is 8.13. The Morgan fingerprint density at radius 2 is 2.29 bits per heavy atom. The fourth-order valence-electron chi connectivity index (χ4n) is 2.14. The van der Waals surface area contributed by atoms with Crippen molar-refractivity contribution in [2.75, 3.05) is 12.9 Å². The van der Waals surface area contributed by atoms with Gasteiger partial charge in [0.1, 0.15) is 0 Å². The molecule has 0 aliphatic carbocycles. The first-order valence-corrected chi connectivity index (χ1v) is 7.91. The molecule has 1 heterocycles. The molecule has 0 amide bonds. The number of hydrogen-bond acceptors (Lipinski definition) is 3. The molecule has 1 aliphatic heterocycles. The summed E-state index contributed by atoms with van der Waals surface area (Å²) in [7, 11) is -0.909. The minimum atomic E-state index is -0.909. The van der Waals surface area contributed by atoms with Gasteiger partial charge < -0.3 is 4.74 Å². The van der Waals surface area contributed by atoms with Crippen LogP contribution in [0.1, 0.15) is 39.0 Å². The van der Waals surface area contributed by atoms with Gasteiger partial charge in [0, 0.05) is 23.0 Å². The molecule has 4 heteroatoms. The van der Waals surface area contributed by atoms with E-state index in [0.29, 0.717) is 18.9 Å². The van der Waals surface area contributed by atoms with E-state index < -0.39 is 10.8 Å². The van der Waals surface area contributed by atoms with Crippen LogP contribution in [0.15, 0.2) is 11.5 Å². The Balaban J connectivity index is 2.51. The van der Waals surface area contributed by atoms with Gasteiger partial charge in [-0.25, -0.2) is 0 Å². The number of carbonyl (C=O) groups is 1. The lowest BCUT2D eigenvalue weighted by Crippen LogP contribution is -2.13. The average Bonchev–Trinajstić information content (AvgIpc) is 2.69. The lowest BCUT2D eigenvalue weighted by atomic mass is 9.87. The van der Waals surface area contributed by atoms with Crippen LogP contribution < -0.4 is 0 Å². The zero-order valence-electron chi connectivity index (χ0n) is 10.7. The Morgan fingerprint density at radius 3 is 2.82 bits per heavy atom. The molecule has 17 heavy (non-hydrogen) atoms. The van der Waals surface area contributed by atoms with E-state index in [1.807, 2.05) is 6.08 Å². The predicted octanol–water partition coefficient (Wildman–Crippen LogP) is 2.64. The molecule has 0 aromatic heterocycles. The molecule has 0 N–H and O–H groups in total. The first-order valence-electron chi connectivity index (χ1n) is 6.29. The molecule has 1 unspecified atom stereocenters. The Morgan fingerprint density at radius 1 is 1.53 bits per heavy atom. The summed E-state index contributed by atoms with van der Waals surface area (Å²) in [4.78, 5) is 11.1. The van der Waals surface area contributed by atoms with Gasteiger partial charge in [-0.2, -0.15) is 0 Å². The number of esters is 1. The van der Waals surface area contributed by atoms with E-state index in [2.05, 4.69) is 6.92 Å². The van der Waals surface area contributed by atoms with Crippen molar-refractivity contribution in [3.63, 3.8) is 0 Å². The van der Waals surface area contributed by atoms with E-state index in [9.17, 15) is 9.00 Å². The SMILES string of the molecule is CCCCC[C@H](/C=C/S(C)=O)[C@H]1COC(=O)C1. The third-order valence-electron chi connectivity index (χ3n) is 3.15. The summed E-state index contributed by atoms with van der Waals surface area (Å²) in [5, 5.41) is 1.74. The van der Waals surface area contributed by atoms with Gasteiger partial charge in [0.05, 0.1) is 13.0 Å². The van der Waals surface area contributed by atoms with Gasteiger partial charge in [0.15, 0.2) is 0 Å². The zero-order valence-corrected chi connectivity index (χ0v) is 11.5. The minimum Gasteiger partial charge on any atom is -0.465 e. The Bertz CT molecular complexity index is 299. The number of carbonyl (C=O) groups excluding carboxylic acids is 1. The quantitative estimate of drug-likeness (QED) is 0.521. The Kier molecular flexibility index (Phi) is 6.48. The van der Waals surface area contributed by atoms with Gasteiger partial charge >= 0.3 is 5.97 Å². The number of cyclic esters (lactones) is 1. The molecule has 0 radical (unpaired) electrons. The van der Waals surface area contributed by atoms with Crippen molar-refractivity contribution in [3.05, 3.63) is 11.5 Å². The molecular weight excluding hydrogens is 236 g/mol. The van der Waals surface area contributed by atoms with Crippen LogP contribution in [0.3, 0.4) is 0 Å². The van der Waals surface area contributed by atoms with Crippen LogP contribution >= 0.6 is 0 Å². The number of rotatable bonds is 7. The van der Waals surface area contributed by atoms with Crippen LogP contribution in [-0.4, -0.2) is 23.0 Å². The Labute approximate surface area is 106 Å². The maximum atomic E-state index is 11.1. The van der Waals surface area contributed by atoms with Gasteiger partial charge in [-0.3, -0.25) is 9.00 Å². The fourth-order valence-corrected chi connectivity index (χ4v) is 2.56. The van der Waals surface area contributed by atoms with Crippen LogP contribution in [-0.2, 0) is 20.3 Å². The second kappa shape index (κ2) is 7.64. The van der Waals surface area contributed by atoms with Crippen LogP contribution in [0, 0.1) is 11.8 Å². The molecule has 3 nitrogen and oxygen atoms in total. The number of ether oxygens (including phenoxy) is 1. The smallest absolute Gasteiger partial charge is 0.306 e. The van der Waals surface area contributed by atoms with Gasteiger partial charge in [-0.15, -0.1) is 0 Å². The topological polar surface area (TPSA) is 43.4 Å². The second-order valence-corrected chi connectivity index (χ2v) is 5.90. The summed E-state index contributed by atoms with van der Waals surface area (Å²) < 4.78 is 16.1. The van der Waals surface area contributed by atoms with E-state index in [4.69, 9.17) is 4.74 Å². The molecule has 0 spiro atoms. The maximum absolute atomic E-state index is 11.1. The summed E-state index contributed by atoms with van der Waals surface area (Å²) in [5.74, 6) is 0.512. The van der Waals surface area contributed by atoms with E-state index in [1.54, 1.807) is 11.7 Å². The van der Waals surface area contributed by atoms with Crippen LogP contribution in [0.4, 0.5) is 0 Å². The van der Waals surface area contributed by atoms with Crippen molar-refractivity contribution in [1.29, 1.82) is 0 Å². The number of unbranched alkanes of at least 4 members (excludes halogenated alkanes) is 2. The molecular formula is C13H22O3S. The van der Waals surface area contributed by atoms with Crippen molar-refractivity contribution < 1.29 is 13.7 Å². The number of allylic oxidation sites excluding steroid dienone is 1. The average molecular weight is 258 g/mol. The molecule has 98 valence electrons. The summed E-state index contributed by atoms with van der Waals surface area (Å²) in [5.41, 5.74) is 0. The number of hydrogen-bond donors (Lipinski definition) is 0. The van der Waals surface area contributed by atoms with Gasteiger partial charge in [0.25, 0.3) is 0 Å². The summed E-state index contributed by atoms with van der Waals surface area (Å²) in [6.45, 7) is 2.70. The third-order valence-corrected chi connectivity index (χ3v) is 3.69. The summed E-state index contributed by atoms with van der Waals surface area (Å²) >= 11 is 0. The highest BCUT2D eigenvalue weighted by Crippen LogP contribution is 2.28. The van der Waals surface area contributed by atoms with Crippen LogP contribution in [0.2, 0.25) is 0 Å². The normalized spacial score (nSPS) is 23.9. The lowest BCUT2D eigenvalue weighted by molar-refractivity contribution is -0.137. The fraction of sp³-hybridized carbons (Fsp3) is 0.769. The monoisotopic (exact) mass is 258 g/mol. The third kappa shape index (κ3) is 5.48. The molecule has 1 rings (SSSR count). The van der Waals surface area contributed by atoms with E-state index >= 15 is 0 Å². The first kappa shape index (κ1) is 14.4. The maximum Gasteiger partial charge on any atom is 0.306 e. The van der Waals surface area contributed by atoms with Crippen LogP contribution in [0.5, 0.6) is 0 Å². The zero-order chi connectivity index (χ0) is 12.7. The second-order valence-electron chi connectivity index (χ2n) is 4.63. The minimum absolute atomic E-state index is 0.0958. The molecule has 0 saturated carbocycles. The highest BCUT2D eigenvalue weighted by molar-refractivity contribution is 7.87. The van der Waals surface area contributed by atoms with Gasteiger partial charge in [0.2, 0.25) is 0 Å². The van der Waals surface area contributed by atoms with E-state index in [0.717, 1.165) is 12.8 Å². The van der Waals surface area contributed by atoms with Crippen molar-refractivity contribution in [3.8, 4) is 0 Å². The molecule has 3 atom stereocenters. The molecule has 0 aromatic rings. The van der Waals surface area contributed by atoms with E-state index in [-0.39, 0.29) is 11.9 Å². The lowest BCUT2D eigenvalue weighted by Gasteiger charge is -2.17. The van der Waals surface area contributed by atoms with Crippen molar-refractivity contribution in [2.24, 2.45) is 11.8 Å². The molecule has 0 aromatic carbocycles. The summed E-state index contributed by atoms with van der Waals surface area (Å²) in [6.07, 6.45) is 8.80. The van der Waals surface area contributed by atoms with Gasteiger partial charge in [-0.1, -0.05) is 32.3 Å². The van der Waals surface area contributed by atoms with Crippen molar-refractivity contribution in [1.82, 2.24) is 0 Å². The molecule has 1 fully saturated rings. The van der Waals surface area contributed by atoms with E-state index in [1.165, 1.54) is 12.8 Å². The van der Waals surface area contributed by atoms with Gasteiger partial charge in [-0.05, 0) is 17.7 Å². The predicted molar refractivity (Wildman–Crippen MR) is 69.9 cm³/mol. The standard InChI is InChI=1S/C13H22O3S/c1-3-4-5-6-11(7-8-17(2)15)12-9-13(14)16-10-12/h7-8,11-12H,3-6,9-10H2,1-2H3/b8-7+/t11-,12-,17?/m1/s1.